The van der Waals surface area contributed by atoms with Gasteiger partial charge in [-0.2, -0.15) is 10.5 Å². The van der Waals surface area contributed by atoms with Crippen LogP contribution >= 0.6 is 0 Å². The zero-order valence-electron chi connectivity index (χ0n) is 13.4. The molecule has 0 N–H and O–H groups in total. The van der Waals surface area contributed by atoms with Gasteiger partial charge >= 0.3 is 5.97 Å². The first-order valence-corrected chi connectivity index (χ1v) is 6.97. The van der Waals surface area contributed by atoms with Crippen LogP contribution in [0.2, 0.25) is 0 Å². The molecule has 24 heavy (non-hydrogen) atoms. The number of benzene rings is 1. The summed E-state index contributed by atoms with van der Waals surface area (Å²) in [6, 6.07) is 7.52. The fraction of sp³-hybridized carbons (Fsp3) is 0.438. The minimum atomic E-state index is -2.16. The van der Waals surface area contributed by atoms with Crippen LogP contribution in [0.15, 0.2) is 24.3 Å². The second-order valence-corrected chi connectivity index (χ2v) is 6.16. The first-order valence-electron chi connectivity index (χ1n) is 6.97. The molecule has 0 saturated carbocycles. The molecular weight excluding hydrogens is 317 g/mol. The van der Waals surface area contributed by atoms with E-state index in [1.165, 1.54) is 0 Å². The first-order chi connectivity index (χ1) is 11.1. The van der Waals surface area contributed by atoms with Crippen LogP contribution < -0.4 is 0 Å². The van der Waals surface area contributed by atoms with E-state index in [-0.39, 0.29) is 5.56 Å². The summed E-state index contributed by atoms with van der Waals surface area (Å²) in [5.41, 5.74) is -3.18. The molecule has 0 fully saturated rings. The van der Waals surface area contributed by atoms with Crippen LogP contribution in [-0.4, -0.2) is 23.0 Å². The van der Waals surface area contributed by atoms with Gasteiger partial charge in [-0.05, 0) is 38.5 Å². The Hall–Kier alpha value is -3.00. The zero-order valence-corrected chi connectivity index (χ0v) is 13.4. The lowest BCUT2D eigenvalue weighted by Gasteiger charge is -2.32. The van der Waals surface area contributed by atoms with Crippen molar-refractivity contribution in [3.8, 4) is 12.1 Å². The SMILES string of the molecule is CC(C)(C)OC(=O)[C@@](C[N+](=O)[O-])(c1ccc(F)cc1)C(C#N)C#N. The van der Waals surface area contributed by atoms with Gasteiger partial charge in [0.2, 0.25) is 6.54 Å². The number of esters is 1. The van der Waals surface area contributed by atoms with Crippen LogP contribution in [0.1, 0.15) is 26.3 Å². The number of hydrogen-bond donors (Lipinski definition) is 0. The number of nitro groups is 1. The van der Waals surface area contributed by atoms with Gasteiger partial charge < -0.3 is 4.74 Å². The number of rotatable bonds is 5. The topological polar surface area (TPSA) is 117 Å². The van der Waals surface area contributed by atoms with Crippen LogP contribution in [-0.2, 0) is 14.9 Å². The van der Waals surface area contributed by atoms with E-state index in [9.17, 15) is 29.8 Å². The highest BCUT2D eigenvalue weighted by Crippen LogP contribution is 2.36. The molecule has 0 aromatic heterocycles. The summed E-state index contributed by atoms with van der Waals surface area (Å²) in [5, 5.41) is 29.7. The van der Waals surface area contributed by atoms with Gasteiger partial charge in [0, 0.05) is 4.92 Å². The smallest absolute Gasteiger partial charge is 0.326 e. The van der Waals surface area contributed by atoms with Crippen molar-refractivity contribution in [3.63, 3.8) is 0 Å². The molecule has 8 heteroatoms. The molecule has 126 valence electrons. The van der Waals surface area contributed by atoms with Gasteiger partial charge in [0.1, 0.15) is 11.4 Å². The van der Waals surface area contributed by atoms with Gasteiger partial charge in [-0.25, -0.2) is 4.39 Å². The summed E-state index contributed by atoms with van der Waals surface area (Å²) >= 11 is 0. The molecule has 1 aromatic rings. The maximum absolute atomic E-state index is 13.2. The van der Waals surface area contributed by atoms with Gasteiger partial charge in [-0.3, -0.25) is 14.9 Å². The minimum absolute atomic E-state index is 0.0250. The quantitative estimate of drug-likeness (QED) is 0.464. The van der Waals surface area contributed by atoms with E-state index in [2.05, 4.69) is 0 Å². The molecule has 0 bridgehead atoms. The number of hydrogen-bond acceptors (Lipinski definition) is 6. The van der Waals surface area contributed by atoms with Crippen molar-refractivity contribution < 1.29 is 18.8 Å². The van der Waals surface area contributed by atoms with Crippen molar-refractivity contribution in [1.29, 1.82) is 10.5 Å². The number of carbonyl (C=O) groups excluding carboxylic acids is 1. The third kappa shape index (κ3) is 4.05. The summed E-state index contributed by atoms with van der Waals surface area (Å²) in [7, 11) is 0. The Balaban J connectivity index is 3.65. The highest BCUT2D eigenvalue weighted by atomic mass is 19.1. The fourth-order valence-electron chi connectivity index (χ4n) is 2.22. The lowest BCUT2D eigenvalue weighted by atomic mass is 9.71. The van der Waals surface area contributed by atoms with Crippen LogP contribution in [0.5, 0.6) is 0 Å². The second kappa shape index (κ2) is 7.05. The highest BCUT2D eigenvalue weighted by Gasteiger charge is 2.55. The maximum Gasteiger partial charge on any atom is 0.326 e. The van der Waals surface area contributed by atoms with E-state index in [1.807, 2.05) is 0 Å². The Morgan fingerprint density at radius 3 is 2.17 bits per heavy atom. The second-order valence-electron chi connectivity index (χ2n) is 6.16. The number of halogens is 1. The van der Waals surface area contributed by atoms with Crippen molar-refractivity contribution >= 4 is 5.97 Å². The van der Waals surface area contributed by atoms with E-state index < -0.39 is 40.2 Å². The summed E-state index contributed by atoms with van der Waals surface area (Å²) in [4.78, 5) is 23.1. The molecular formula is C16H16FN3O4. The van der Waals surface area contributed by atoms with Crippen LogP contribution in [0.25, 0.3) is 0 Å². The number of nitriles is 2. The van der Waals surface area contributed by atoms with E-state index in [0.29, 0.717) is 0 Å². The number of ether oxygens (including phenoxy) is 1. The Morgan fingerprint density at radius 1 is 1.29 bits per heavy atom. The number of carbonyl (C=O) groups is 1. The van der Waals surface area contributed by atoms with Gasteiger partial charge in [-0.15, -0.1) is 0 Å². The van der Waals surface area contributed by atoms with Gasteiger partial charge in [0.05, 0.1) is 12.1 Å². The third-order valence-corrected chi connectivity index (χ3v) is 3.25. The Bertz CT molecular complexity index is 699. The maximum atomic E-state index is 13.2. The highest BCUT2D eigenvalue weighted by molar-refractivity contribution is 5.85. The van der Waals surface area contributed by atoms with Crippen molar-refractivity contribution in [2.75, 3.05) is 6.54 Å². The normalized spacial score (nSPS) is 13.5. The van der Waals surface area contributed by atoms with Crippen LogP contribution in [0.4, 0.5) is 4.39 Å². The van der Waals surface area contributed by atoms with Gasteiger partial charge in [-0.1, -0.05) is 12.1 Å². The minimum Gasteiger partial charge on any atom is -0.459 e. The molecule has 0 aliphatic heterocycles. The van der Waals surface area contributed by atoms with Crippen LogP contribution in [0, 0.1) is 44.5 Å². The Morgan fingerprint density at radius 2 is 1.79 bits per heavy atom. The van der Waals surface area contributed by atoms with E-state index in [4.69, 9.17) is 4.74 Å². The van der Waals surface area contributed by atoms with Crippen molar-refractivity contribution in [3.05, 3.63) is 45.8 Å². The lowest BCUT2D eigenvalue weighted by Crippen LogP contribution is -2.50. The van der Waals surface area contributed by atoms with E-state index in [1.54, 1.807) is 32.9 Å². The molecule has 1 aromatic carbocycles. The molecule has 0 amide bonds. The average Bonchev–Trinajstić information content (AvgIpc) is 2.45. The summed E-state index contributed by atoms with van der Waals surface area (Å²) in [6.45, 7) is 3.64. The first kappa shape index (κ1) is 19.0. The predicted octanol–water partition coefficient (Wildman–Crippen LogP) is 2.35. The molecule has 0 heterocycles. The average molecular weight is 333 g/mol. The van der Waals surface area contributed by atoms with Crippen molar-refractivity contribution in [2.24, 2.45) is 5.92 Å². The summed E-state index contributed by atoms with van der Waals surface area (Å²) in [5.74, 6) is -3.38. The number of nitrogens with zero attached hydrogens (tertiary/aromatic N) is 3. The Labute approximate surface area is 138 Å². The van der Waals surface area contributed by atoms with Crippen molar-refractivity contribution in [1.82, 2.24) is 0 Å². The Kier molecular flexibility index (Phi) is 5.60. The molecule has 0 aliphatic rings. The van der Waals surface area contributed by atoms with Gasteiger partial charge in [0.15, 0.2) is 11.3 Å². The molecule has 0 unspecified atom stereocenters. The summed E-state index contributed by atoms with van der Waals surface area (Å²) < 4.78 is 18.4. The lowest BCUT2D eigenvalue weighted by molar-refractivity contribution is -0.489. The summed E-state index contributed by atoms with van der Waals surface area (Å²) in [6.07, 6.45) is 0. The molecule has 7 nitrogen and oxygen atoms in total. The van der Waals surface area contributed by atoms with E-state index in [0.717, 1.165) is 24.3 Å². The fourth-order valence-corrected chi connectivity index (χ4v) is 2.22. The molecule has 1 atom stereocenters. The molecule has 0 aliphatic carbocycles. The standard InChI is InChI=1S/C16H16FN3O4/c1-15(2,3)24-14(21)16(10-20(22)23,12(8-18)9-19)11-4-6-13(17)7-5-11/h4-7,12H,10H2,1-3H3/t16-/m0/s1. The molecule has 0 saturated heterocycles. The van der Waals surface area contributed by atoms with Crippen LogP contribution in [0.3, 0.4) is 0 Å². The monoisotopic (exact) mass is 333 g/mol. The van der Waals surface area contributed by atoms with E-state index >= 15 is 0 Å². The zero-order chi connectivity index (χ0) is 18.5. The predicted molar refractivity (Wildman–Crippen MR) is 80.5 cm³/mol. The third-order valence-electron chi connectivity index (χ3n) is 3.25. The molecule has 0 radical (unpaired) electrons. The molecule has 0 spiro atoms. The van der Waals surface area contributed by atoms with Crippen molar-refractivity contribution in [2.45, 2.75) is 31.8 Å². The largest absolute Gasteiger partial charge is 0.459 e. The molecule has 1 rings (SSSR count). The van der Waals surface area contributed by atoms with Gasteiger partial charge in [0.25, 0.3) is 0 Å².